The maximum absolute atomic E-state index is 12.0. The maximum atomic E-state index is 12.0. The topological polar surface area (TPSA) is 32.3 Å². The largest absolute Gasteiger partial charge is 0.322 e. The minimum Gasteiger partial charge on any atom is -0.322 e. The van der Waals surface area contributed by atoms with Gasteiger partial charge in [0.25, 0.3) is 0 Å². The first-order valence-electron chi connectivity index (χ1n) is 6.62. The second-order valence-electron chi connectivity index (χ2n) is 5.25. The van der Waals surface area contributed by atoms with E-state index in [0.717, 1.165) is 31.8 Å². The lowest BCUT2D eigenvalue weighted by Crippen LogP contribution is -2.38. The van der Waals surface area contributed by atoms with Crippen molar-refractivity contribution in [1.82, 2.24) is 4.90 Å². The first kappa shape index (κ1) is 15.9. The summed E-state index contributed by atoms with van der Waals surface area (Å²) in [5.74, 6) is 0.639. The highest BCUT2D eigenvalue weighted by Crippen LogP contribution is 2.33. The molecule has 1 fully saturated rings. The van der Waals surface area contributed by atoms with Crippen LogP contribution in [0.1, 0.15) is 19.8 Å². The molecule has 20 heavy (non-hydrogen) atoms. The van der Waals surface area contributed by atoms with Crippen molar-refractivity contribution in [3.8, 4) is 0 Å². The van der Waals surface area contributed by atoms with E-state index < -0.39 is 0 Å². The Kier molecular flexibility index (Phi) is 5.56. The van der Waals surface area contributed by atoms with Crippen molar-refractivity contribution in [2.75, 3.05) is 25.0 Å². The summed E-state index contributed by atoms with van der Waals surface area (Å²) in [6.07, 6.45) is 2.27. The normalized spacial score (nSPS) is 17.2. The van der Waals surface area contributed by atoms with Crippen molar-refractivity contribution >= 4 is 46.4 Å². The minimum atomic E-state index is -0.106. The maximum Gasteiger partial charge on any atom is 0.238 e. The van der Waals surface area contributed by atoms with Crippen LogP contribution < -0.4 is 5.32 Å². The minimum absolute atomic E-state index is 0.106. The quantitative estimate of drug-likeness (QED) is 0.892. The number of halogens is 3. The van der Waals surface area contributed by atoms with Crippen LogP contribution in [0.15, 0.2) is 12.1 Å². The van der Waals surface area contributed by atoms with Crippen LogP contribution in [-0.4, -0.2) is 30.4 Å². The van der Waals surface area contributed by atoms with Gasteiger partial charge in [-0.1, -0.05) is 41.7 Å². The molecule has 0 bridgehead atoms. The summed E-state index contributed by atoms with van der Waals surface area (Å²) in [5, 5.41) is 3.91. The Morgan fingerprint density at radius 3 is 2.35 bits per heavy atom. The van der Waals surface area contributed by atoms with Crippen molar-refractivity contribution in [3.05, 3.63) is 27.2 Å². The molecule has 0 spiro atoms. The van der Waals surface area contributed by atoms with Gasteiger partial charge in [0.05, 0.1) is 22.3 Å². The molecule has 0 radical (unpaired) electrons. The number of likely N-dealkylation sites (tertiary alicyclic amines) is 1. The van der Waals surface area contributed by atoms with Crippen LogP contribution in [0.3, 0.4) is 0 Å². The molecular formula is C14H17Cl3N2O. The van der Waals surface area contributed by atoms with Gasteiger partial charge in [-0.3, -0.25) is 9.69 Å². The molecule has 0 aromatic heterocycles. The van der Waals surface area contributed by atoms with Crippen LogP contribution >= 0.6 is 34.8 Å². The fourth-order valence-electron chi connectivity index (χ4n) is 2.26. The molecule has 1 aliphatic rings. The molecule has 1 saturated heterocycles. The monoisotopic (exact) mass is 334 g/mol. The fourth-order valence-corrected chi connectivity index (χ4v) is 3.18. The van der Waals surface area contributed by atoms with E-state index in [-0.39, 0.29) is 5.91 Å². The molecule has 0 unspecified atom stereocenters. The van der Waals surface area contributed by atoms with Crippen molar-refractivity contribution in [2.45, 2.75) is 19.8 Å². The highest BCUT2D eigenvalue weighted by Gasteiger charge is 2.19. The standard InChI is InChI=1S/C14H17Cl3N2O/c1-9-2-4-19(5-3-9)8-13(20)18-14-11(16)6-10(15)7-12(14)17/h6-7,9H,2-5,8H2,1H3,(H,18,20). The van der Waals surface area contributed by atoms with Gasteiger partial charge in [-0.15, -0.1) is 0 Å². The smallest absolute Gasteiger partial charge is 0.238 e. The van der Waals surface area contributed by atoms with E-state index in [0.29, 0.717) is 27.3 Å². The van der Waals surface area contributed by atoms with Crippen molar-refractivity contribution in [2.24, 2.45) is 5.92 Å². The summed E-state index contributed by atoms with van der Waals surface area (Å²) in [6, 6.07) is 3.13. The van der Waals surface area contributed by atoms with Crippen LogP contribution in [0.25, 0.3) is 0 Å². The molecule has 6 heteroatoms. The van der Waals surface area contributed by atoms with E-state index >= 15 is 0 Å². The summed E-state index contributed by atoms with van der Waals surface area (Å²) >= 11 is 17.9. The molecule has 3 nitrogen and oxygen atoms in total. The number of nitrogens with one attached hydrogen (secondary N) is 1. The number of rotatable bonds is 3. The zero-order chi connectivity index (χ0) is 14.7. The molecule has 2 rings (SSSR count). The number of carbonyl (C=O) groups is 1. The van der Waals surface area contributed by atoms with Crippen LogP contribution in [0.4, 0.5) is 5.69 Å². The first-order chi connectivity index (χ1) is 9.45. The zero-order valence-corrected chi connectivity index (χ0v) is 13.5. The Labute approximate surface area is 134 Å². The van der Waals surface area contributed by atoms with E-state index in [1.54, 1.807) is 12.1 Å². The summed E-state index contributed by atoms with van der Waals surface area (Å²) in [5.41, 5.74) is 0.424. The summed E-state index contributed by atoms with van der Waals surface area (Å²) in [4.78, 5) is 14.2. The van der Waals surface area contributed by atoms with Gasteiger partial charge in [-0.25, -0.2) is 0 Å². The van der Waals surface area contributed by atoms with Crippen LogP contribution in [0.2, 0.25) is 15.1 Å². The third-order valence-corrected chi connectivity index (χ3v) is 4.33. The average Bonchev–Trinajstić information content (AvgIpc) is 2.36. The molecule has 0 saturated carbocycles. The Bertz CT molecular complexity index is 476. The lowest BCUT2D eigenvalue weighted by molar-refractivity contribution is -0.117. The van der Waals surface area contributed by atoms with E-state index in [1.165, 1.54) is 0 Å². The van der Waals surface area contributed by atoms with Gasteiger partial charge in [0, 0.05) is 5.02 Å². The zero-order valence-electron chi connectivity index (χ0n) is 11.3. The van der Waals surface area contributed by atoms with E-state index in [4.69, 9.17) is 34.8 Å². The predicted octanol–water partition coefficient (Wildman–Crippen LogP) is 4.32. The number of piperidine rings is 1. The summed E-state index contributed by atoms with van der Waals surface area (Å²) in [6.45, 7) is 4.51. The Hall–Kier alpha value is -0.480. The van der Waals surface area contributed by atoms with E-state index in [9.17, 15) is 4.79 Å². The Balaban J connectivity index is 1.95. The van der Waals surface area contributed by atoms with Crippen LogP contribution in [0.5, 0.6) is 0 Å². The lowest BCUT2D eigenvalue weighted by atomic mass is 9.99. The highest BCUT2D eigenvalue weighted by molar-refractivity contribution is 6.42. The Morgan fingerprint density at radius 1 is 1.25 bits per heavy atom. The number of anilines is 1. The van der Waals surface area contributed by atoms with Crippen LogP contribution in [0, 0.1) is 5.92 Å². The summed E-state index contributed by atoms with van der Waals surface area (Å²) in [7, 11) is 0. The number of carbonyl (C=O) groups excluding carboxylic acids is 1. The highest BCUT2D eigenvalue weighted by atomic mass is 35.5. The Morgan fingerprint density at radius 2 is 1.80 bits per heavy atom. The van der Waals surface area contributed by atoms with Gasteiger partial charge in [-0.05, 0) is 44.0 Å². The molecule has 0 atom stereocenters. The molecular weight excluding hydrogens is 319 g/mol. The third-order valence-electron chi connectivity index (χ3n) is 3.51. The SMILES string of the molecule is CC1CCN(CC(=O)Nc2c(Cl)cc(Cl)cc2Cl)CC1. The van der Waals surface area contributed by atoms with E-state index in [2.05, 4.69) is 17.1 Å². The number of nitrogens with zero attached hydrogens (tertiary/aromatic N) is 1. The number of benzene rings is 1. The van der Waals surface area contributed by atoms with Crippen molar-refractivity contribution in [1.29, 1.82) is 0 Å². The molecule has 110 valence electrons. The average molecular weight is 336 g/mol. The van der Waals surface area contributed by atoms with Crippen LogP contribution in [-0.2, 0) is 4.79 Å². The third kappa shape index (κ3) is 4.26. The molecule has 0 aliphatic carbocycles. The van der Waals surface area contributed by atoms with Gasteiger partial charge in [0.1, 0.15) is 0 Å². The van der Waals surface area contributed by atoms with Gasteiger partial charge in [0.15, 0.2) is 0 Å². The van der Waals surface area contributed by atoms with Gasteiger partial charge >= 0.3 is 0 Å². The summed E-state index contributed by atoms with van der Waals surface area (Å²) < 4.78 is 0. The van der Waals surface area contributed by atoms with Gasteiger partial charge < -0.3 is 5.32 Å². The van der Waals surface area contributed by atoms with E-state index in [1.807, 2.05) is 0 Å². The molecule has 1 N–H and O–H groups in total. The lowest BCUT2D eigenvalue weighted by Gasteiger charge is -2.29. The number of hydrogen-bond donors (Lipinski definition) is 1. The fraction of sp³-hybridized carbons (Fsp3) is 0.500. The van der Waals surface area contributed by atoms with Crippen molar-refractivity contribution in [3.63, 3.8) is 0 Å². The predicted molar refractivity (Wildman–Crippen MR) is 84.9 cm³/mol. The van der Waals surface area contributed by atoms with Crippen molar-refractivity contribution < 1.29 is 4.79 Å². The second-order valence-corrected chi connectivity index (χ2v) is 6.50. The molecule has 1 heterocycles. The first-order valence-corrected chi connectivity index (χ1v) is 7.76. The molecule has 1 aromatic carbocycles. The van der Waals surface area contributed by atoms with Gasteiger partial charge in [0.2, 0.25) is 5.91 Å². The number of hydrogen-bond acceptors (Lipinski definition) is 2. The second kappa shape index (κ2) is 6.99. The molecule has 1 amide bonds. The molecule has 1 aliphatic heterocycles. The van der Waals surface area contributed by atoms with Gasteiger partial charge in [-0.2, -0.15) is 0 Å². The number of amides is 1. The molecule has 1 aromatic rings.